The van der Waals surface area contributed by atoms with Crippen LogP contribution in [-0.4, -0.2) is 61.6 Å². The molecule has 3 aromatic carbocycles. The van der Waals surface area contributed by atoms with Crippen LogP contribution in [-0.2, 0) is 32.6 Å². The highest BCUT2D eigenvalue weighted by atomic mass is 32.2. The summed E-state index contributed by atoms with van der Waals surface area (Å²) in [6, 6.07) is 22.0. The van der Waals surface area contributed by atoms with E-state index in [9.17, 15) is 22.8 Å². The zero-order chi connectivity index (χ0) is 28.7. The molecule has 1 atom stereocenters. The van der Waals surface area contributed by atoms with Gasteiger partial charge in [0.05, 0.1) is 12.7 Å². The lowest BCUT2D eigenvalue weighted by Crippen LogP contribution is -2.50. The molecule has 0 fully saturated rings. The number of sulfonamides is 1. The van der Waals surface area contributed by atoms with E-state index in [1.165, 1.54) is 17.0 Å². The van der Waals surface area contributed by atoms with E-state index in [1.54, 1.807) is 25.3 Å². The Hall–Kier alpha value is -4.18. The number of rotatable bonds is 12. The van der Waals surface area contributed by atoms with Gasteiger partial charge < -0.3 is 15.0 Å². The summed E-state index contributed by atoms with van der Waals surface area (Å²) in [7, 11) is -2.41. The molecule has 40 heavy (non-hydrogen) atoms. The molecule has 0 unspecified atom stereocenters. The Bertz CT molecular complexity index is 1480. The molecule has 10 heteroatoms. The van der Waals surface area contributed by atoms with Crippen LogP contribution in [0.4, 0.5) is 0 Å². The molecule has 1 aliphatic heterocycles. The summed E-state index contributed by atoms with van der Waals surface area (Å²) in [5, 5.41) is 2.85. The molecule has 4 rings (SSSR count). The molecule has 0 radical (unpaired) electrons. The molecule has 1 aliphatic rings. The van der Waals surface area contributed by atoms with Gasteiger partial charge in [-0.15, -0.1) is 0 Å². The maximum absolute atomic E-state index is 13.7. The van der Waals surface area contributed by atoms with Crippen molar-refractivity contribution in [3.63, 3.8) is 0 Å². The van der Waals surface area contributed by atoms with Crippen molar-refractivity contribution in [2.45, 2.75) is 43.7 Å². The van der Waals surface area contributed by atoms with E-state index in [1.807, 2.05) is 55.5 Å². The van der Waals surface area contributed by atoms with E-state index in [4.69, 9.17) is 4.74 Å². The normalized spacial score (nSPS) is 14.3. The molecule has 1 heterocycles. The van der Waals surface area contributed by atoms with Crippen LogP contribution >= 0.6 is 0 Å². The number of hydrogen-bond donors (Lipinski definition) is 1. The number of fused-ring (bicyclic) bond motifs is 1. The van der Waals surface area contributed by atoms with Crippen molar-refractivity contribution in [2.24, 2.45) is 0 Å². The third-order valence-electron chi connectivity index (χ3n) is 6.77. The highest BCUT2D eigenvalue weighted by Gasteiger charge is 2.40. The van der Waals surface area contributed by atoms with E-state index in [0.29, 0.717) is 18.7 Å². The van der Waals surface area contributed by atoms with Crippen molar-refractivity contribution >= 4 is 27.7 Å². The second-order valence-corrected chi connectivity index (χ2v) is 11.3. The molecular formula is C30H33N3O6S. The Morgan fingerprint density at radius 1 is 0.975 bits per heavy atom. The highest BCUT2D eigenvalue weighted by molar-refractivity contribution is 7.90. The summed E-state index contributed by atoms with van der Waals surface area (Å²) in [5.41, 5.74) is 1.81. The number of nitrogens with zero attached hydrogens (tertiary/aromatic N) is 2. The van der Waals surface area contributed by atoms with Gasteiger partial charge in [-0.2, -0.15) is 0 Å². The predicted molar refractivity (Wildman–Crippen MR) is 150 cm³/mol. The minimum atomic E-state index is -3.97. The average Bonchev–Trinajstić information content (AvgIpc) is 3.16. The van der Waals surface area contributed by atoms with Crippen molar-refractivity contribution in [1.82, 2.24) is 14.5 Å². The number of benzene rings is 3. The third kappa shape index (κ3) is 6.34. The van der Waals surface area contributed by atoms with Crippen molar-refractivity contribution in [1.29, 1.82) is 0 Å². The van der Waals surface area contributed by atoms with Gasteiger partial charge in [0.25, 0.3) is 15.9 Å². The van der Waals surface area contributed by atoms with E-state index in [0.717, 1.165) is 15.4 Å². The number of methoxy groups -OCH3 is 1. The molecule has 0 aromatic heterocycles. The van der Waals surface area contributed by atoms with E-state index in [-0.39, 0.29) is 48.2 Å². The third-order valence-corrected chi connectivity index (χ3v) is 8.61. The summed E-state index contributed by atoms with van der Waals surface area (Å²) in [6.07, 6.45) is 0.362. The van der Waals surface area contributed by atoms with Crippen molar-refractivity contribution in [2.75, 3.05) is 20.2 Å². The second kappa shape index (κ2) is 12.8. The first-order chi connectivity index (χ1) is 19.3. The Kier molecular flexibility index (Phi) is 9.21. The van der Waals surface area contributed by atoms with Crippen molar-refractivity contribution in [3.8, 4) is 5.75 Å². The molecule has 1 N–H and O–H groups in total. The lowest BCUT2D eigenvalue weighted by Gasteiger charge is -2.32. The SMILES string of the molecule is CCNC(=O)[C@@H](Cc1ccccc1)N(Cc1cccc(OC)c1)C(=O)CCCN1C(=O)c2ccccc2S1(=O)=O. The maximum Gasteiger partial charge on any atom is 0.269 e. The molecule has 0 spiro atoms. The lowest BCUT2D eigenvalue weighted by molar-refractivity contribution is -0.141. The van der Waals surface area contributed by atoms with Crippen LogP contribution in [0.5, 0.6) is 5.75 Å². The van der Waals surface area contributed by atoms with Gasteiger partial charge in [0, 0.05) is 32.5 Å². The standard InChI is InChI=1S/C30H33N3O6S/c1-3-31-29(35)26(20-22-11-5-4-6-12-22)32(21-23-13-9-14-24(19-23)39-2)28(34)17-10-18-33-30(36)25-15-7-8-16-27(25)40(33,37)38/h4-9,11-16,19,26H,3,10,17-18,20-21H2,1-2H3,(H,31,35)/t26-/m1/s1. The Labute approximate surface area is 234 Å². The number of amides is 3. The number of likely N-dealkylation sites (N-methyl/N-ethyl adjacent to an activating group) is 1. The molecule has 0 bridgehead atoms. The molecule has 0 saturated heterocycles. The number of carbonyl (C=O) groups excluding carboxylic acids is 3. The van der Waals surface area contributed by atoms with Gasteiger partial charge >= 0.3 is 0 Å². The number of carbonyl (C=O) groups is 3. The van der Waals surface area contributed by atoms with Gasteiger partial charge in [0.1, 0.15) is 16.7 Å². The first kappa shape index (κ1) is 28.8. The van der Waals surface area contributed by atoms with Crippen LogP contribution < -0.4 is 10.1 Å². The van der Waals surface area contributed by atoms with E-state index in [2.05, 4.69) is 5.32 Å². The average molecular weight is 564 g/mol. The van der Waals surface area contributed by atoms with Gasteiger partial charge in [-0.25, -0.2) is 12.7 Å². The minimum absolute atomic E-state index is 0.0230. The minimum Gasteiger partial charge on any atom is -0.497 e. The molecular weight excluding hydrogens is 530 g/mol. The molecule has 0 saturated carbocycles. The Morgan fingerprint density at radius 2 is 1.68 bits per heavy atom. The Morgan fingerprint density at radius 3 is 2.38 bits per heavy atom. The predicted octanol–water partition coefficient (Wildman–Crippen LogP) is 3.40. The van der Waals surface area contributed by atoms with Gasteiger partial charge in [-0.1, -0.05) is 54.6 Å². The molecule has 210 valence electrons. The smallest absolute Gasteiger partial charge is 0.269 e. The first-order valence-corrected chi connectivity index (χ1v) is 14.6. The van der Waals surface area contributed by atoms with Crippen LogP contribution in [0.2, 0.25) is 0 Å². The number of hydrogen-bond acceptors (Lipinski definition) is 6. The van der Waals surface area contributed by atoms with Crippen molar-refractivity contribution in [3.05, 3.63) is 95.6 Å². The van der Waals surface area contributed by atoms with E-state index < -0.39 is 22.0 Å². The fraction of sp³-hybridized carbons (Fsp3) is 0.300. The summed E-state index contributed by atoms with van der Waals surface area (Å²) in [6.45, 7) is 2.23. The van der Waals surface area contributed by atoms with Crippen LogP contribution in [0.15, 0.2) is 83.8 Å². The molecule has 3 amide bonds. The summed E-state index contributed by atoms with van der Waals surface area (Å²) in [5.74, 6) is -0.577. The molecule has 3 aromatic rings. The van der Waals surface area contributed by atoms with Crippen LogP contribution in [0.3, 0.4) is 0 Å². The van der Waals surface area contributed by atoms with Crippen LogP contribution in [0, 0.1) is 0 Å². The highest BCUT2D eigenvalue weighted by Crippen LogP contribution is 2.30. The summed E-state index contributed by atoms with van der Waals surface area (Å²) < 4.78 is 32.0. The van der Waals surface area contributed by atoms with Gasteiger partial charge in [0.2, 0.25) is 11.8 Å². The zero-order valence-corrected chi connectivity index (χ0v) is 23.4. The molecule has 9 nitrogen and oxygen atoms in total. The lowest BCUT2D eigenvalue weighted by atomic mass is 10.0. The second-order valence-electron chi connectivity index (χ2n) is 9.46. The summed E-state index contributed by atoms with van der Waals surface area (Å²) >= 11 is 0. The quantitative estimate of drug-likeness (QED) is 0.362. The maximum atomic E-state index is 13.7. The van der Waals surface area contributed by atoms with E-state index >= 15 is 0 Å². The van der Waals surface area contributed by atoms with Gasteiger partial charge in [-0.3, -0.25) is 14.4 Å². The van der Waals surface area contributed by atoms with Gasteiger partial charge in [-0.05, 0) is 48.7 Å². The number of ether oxygens (including phenoxy) is 1. The monoisotopic (exact) mass is 563 g/mol. The largest absolute Gasteiger partial charge is 0.497 e. The Balaban J connectivity index is 1.56. The van der Waals surface area contributed by atoms with Gasteiger partial charge in [0.15, 0.2) is 0 Å². The topological polar surface area (TPSA) is 113 Å². The zero-order valence-electron chi connectivity index (χ0n) is 22.6. The number of nitrogens with one attached hydrogen (secondary N) is 1. The van der Waals surface area contributed by atoms with Crippen LogP contribution in [0.25, 0.3) is 0 Å². The van der Waals surface area contributed by atoms with Crippen LogP contribution in [0.1, 0.15) is 41.3 Å². The summed E-state index contributed by atoms with van der Waals surface area (Å²) in [4.78, 5) is 41.3. The fourth-order valence-corrected chi connectivity index (χ4v) is 6.39. The fourth-order valence-electron chi connectivity index (χ4n) is 4.78. The molecule has 0 aliphatic carbocycles. The first-order valence-electron chi connectivity index (χ1n) is 13.2. The van der Waals surface area contributed by atoms with Crippen molar-refractivity contribution < 1.29 is 27.5 Å².